The molecule has 0 saturated carbocycles. The van der Waals surface area contributed by atoms with E-state index in [1.54, 1.807) is 40.8 Å². The molecule has 0 bridgehead atoms. The van der Waals surface area contributed by atoms with Crippen molar-refractivity contribution in [1.29, 1.82) is 0 Å². The third-order valence-electron chi connectivity index (χ3n) is 6.62. The van der Waals surface area contributed by atoms with E-state index >= 15 is 4.39 Å². The first-order valence-corrected chi connectivity index (χ1v) is 12.3. The number of nitrogens with zero attached hydrogens (tertiary/aromatic N) is 5. The number of pyridine rings is 1. The van der Waals surface area contributed by atoms with Crippen LogP contribution in [-0.2, 0) is 10.3 Å². The summed E-state index contributed by atoms with van der Waals surface area (Å²) in [5.74, 6) is -2.81. The van der Waals surface area contributed by atoms with Gasteiger partial charge in [0, 0.05) is 24.8 Å². The Morgan fingerprint density at radius 2 is 1.76 bits per heavy atom. The molecular weight excluding hydrogens is 497 g/mol. The van der Waals surface area contributed by atoms with Gasteiger partial charge in [0.25, 0.3) is 5.91 Å². The van der Waals surface area contributed by atoms with Crippen LogP contribution in [0.2, 0.25) is 0 Å². The monoisotopic (exact) mass is 526 g/mol. The molecule has 4 aromatic rings. The van der Waals surface area contributed by atoms with Crippen LogP contribution in [0.5, 0.6) is 0 Å². The number of hydrogen-bond donors (Lipinski definition) is 1. The number of aromatic nitrogens is 4. The molecule has 1 aromatic carbocycles. The number of nitrogens with one attached hydrogen (secondary N) is 1. The molecule has 200 valence electrons. The van der Waals surface area contributed by atoms with Crippen LogP contribution in [0.3, 0.4) is 0 Å². The molecule has 4 heterocycles. The number of morpholine rings is 1. The van der Waals surface area contributed by atoms with Crippen LogP contribution >= 0.6 is 0 Å². The van der Waals surface area contributed by atoms with Gasteiger partial charge in [-0.1, -0.05) is 0 Å². The summed E-state index contributed by atoms with van der Waals surface area (Å²) in [7, 11) is 0. The van der Waals surface area contributed by atoms with Crippen LogP contribution in [0.1, 0.15) is 42.4 Å². The molecule has 0 atom stereocenters. The van der Waals surface area contributed by atoms with Gasteiger partial charge in [0.05, 0.1) is 42.0 Å². The first kappa shape index (κ1) is 25.8. The highest BCUT2D eigenvalue weighted by Crippen LogP contribution is 2.34. The zero-order valence-electron chi connectivity index (χ0n) is 21.9. The Balaban J connectivity index is 1.57. The molecule has 38 heavy (non-hydrogen) atoms. The Morgan fingerprint density at radius 1 is 1.05 bits per heavy atom. The van der Waals surface area contributed by atoms with Crippen molar-refractivity contribution in [3.63, 3.8) is 0 Å². The summed E-state index contributed by atoms with van der Waals surface area (Å²) >= 11 is 0. The Kier molecular flexibility index (Phi) is 6.42. The van der Waals surface area contributed by atoms with Gasteiger partial charge in [-0.05, 0) is 63.9 Å². The molecule has 1 aliphatic rings. The Bertz CT molecular complexity index is 1550. The van der Waals surface area contributed by atoms with Crippen molar-refractivity contribution in [2.45, 2.75) is 40.2 Å². The first-order valence-electron chi connectivity index (χ1n) is 12.3. The molecule has 0 radical (unpaired) electrons. The maximum absolute atomic E-state index is 15.0. The maximum atomic E-state index is 15.0. The van der Waals surface area contributed by atoms with Crippen LogP contribution in [0.15, 0.2) is 30.6 Å². The van der Waals surface area contributed by atoms with Crippen molar-refractivity contribution >= 4 is 22.9 Å². The van der Waals surface area contributed by atoms with Crippen LogP contribution < -0.4 is 10.2 Å². The molecule has 5 rings (SSSR count). The predicted octanol–water partition coefficient (Wildman–Crippen LogP) is 5.08. The van der Waals surface area contributed by atoms with E-state index in [0.29, 0.717) is 48.6 Å². The Labute approximate surface area is 218 Å². The van der Waals surface area contributed by atoms with Crippen molar-refractivity contribution in [1.82, 2.24) is 19.2 Å². The molecule has 0 unspecified atom stereocenters. The van der Waals surface area contributed by atoms with Crippen LogP contribution in [0.4, 0.5) is 24.5 Å². The highest BCUT2D eigenvalue weighted by atomic mass is 19.1. The second-order valence-electron chi connectivity index (χ2n) is 10.4. The minimum absolute atomic E-state index is 0.131. The average molecular weight is 527 g/mol. The third kappa shape index (κ3) is 4.51. The molecule has 3 aromatic heterocycles. The van der Waals surface area contributed by atoms with E-state index in [1.807, 2.05) is 6.07 Å². The van der Waals surface area contributed by atoms with E-state index in [1.165, 1.54) is 16.5 Å². The molecule has 1 saturated heterocycles. The summed E-state index contributed by atoms with van der Waals surface area (Å²) in [6.07, 6.45) is 2.73. The second-order valence-corrected chi connectivity index (χ2v) is 10.4. The number of amides is 1. The molecule has 1 aliphatic heterocycles. The van der Waals surface area contributed by atoms with E-state index in [0.717, 1.165) is 16.6 Å². The molecule has 0 spiro atoms. The van der Waals surface area contributed by atoms with Crippen molar-refractivity contribution in [3.8, 4) is 11.1 Å². The van der Waals surface area contributed by atoms with Gasteiger partial charge in [-0.3, -0.25) is 9.20 Å². The van der Waals surface area contributed by atoms with Gasteiger partial charge >= 0.3 is 0 Å². The van der Waals surface area contributed by atoms with Crippen LogP contribution in [0, 0.1) is 31.6 Å². The van der Waals surface area contributed by atoms with Gasteiger partial charge < -0.3 is 15.0 Å². The van der Waals surface area contributed by atoms with Gasteiger partial charge in [-0.2, -0.15) is 13.9 Å². The van der Waals surface area contributed by atoms with Crippen molar-refractivity contribution in [2.75, 3.05) is 36.5 Å². The fourth-order valence-corrected chi connectivity index (χ4v) is 4.62. The third-order valence-corrected chi connectivity index (χ3v) is 6.62. The van der Waals surface area contributed by atoms with E-state index in [4.69, 9.17) is 4.74 Å². The zero-order valence-corrected chi connectivity index (χ0v) is 21.9. The van der Waals surface area contributed by atoms with Crippen LogP contribution in [-0.4, -0.2) is 51.4 Å². The summed E-state index contributed by atoms with van der Waals surface area (Å²) in [5.41, 5.74) is 2.12. The number of rotatable bonds is 4. The fraction of sp³-hybridized carbons (Fsp3) is 0.370. The van der Waals surface area contributed by atoms with Gasteiger partial charge in [0.1, 0.15) is 11.4 Å². The minimum atomic E-state index is -0.826. The smallest absolute Gasteiger partial charge is 0.262 e. The van der Waals surface area contributed by atoms with Gasteiger partial charge in [0.2, 0.25) is 11.9 Å². The van der Waals surface area contributed by atoms with Gasteiger partial charge in [0.15, 0.2) is 5.65 Å². The summed E-state index contributed by atoms with van der Waals surface area (Å²) in [6, 6.07) is 4.64. The fourth-order valence-electron chi connectivity index (χ4n) is 4.62. The quantitative estimate of drug-likeness (QED) is 0.402. The number of hydrogen-bond acceptors (Lipinski definition) is 5. The van der Waals surface area contributed by atoms with Crippen molar-refractivity contribution < 1.29 is 22.7 Å². The largest absolute Gasteiger partial charge is 0.378 e. The molecule has 11 heteroatoms. The highest BCUT2D eigenvalue weighted by molar-refractivity contribution is 6.04. The zero-order chi connectivity index (χ0) is 27.4. The lowest BCUT2D eigenvalue weighted by Crippen LogP contribution is -2.36. The average Bonchev–Trinajstić information content (AvgIpc) is 3.40. The number of fused-ring (bicyclic) bond motifs is 1. The van der Waals surface area contributed by atoms with Crippen molar-refractivity contribution in [2.24, 2.45) is 0 Å². The van der Waals surface area contributed by atoms with E-state index < -0.39 is 29.2 Å². The number of carbonyl (C=O) groups excluding carboxylic acids is 1. The number of benzene rings is 1. The van der Waals surface area contributed by atoms with Crippen LogP contribution in [0.25, 0.3) is 16.8 Å². The minimum Gasteiger partial charge on any atom is -0.378 e. The lowest BCUT2D eigenvalue weighted by Gasteiger charge is -2.29. The summed E-state index contributed by atoms with van der Waals surface area (Å²) < 4.78 is 52.8. The summed E-state index contributed by atoms with van der Waals surface area (Å²) in [5, 5.41) is 6.45. The lowest BCUT2D eigenvalue weighted by atomic mass is 10.00. The van der Waals surface area contributed by atoms with E-state index in [9.17, 15) is 13.6 Å². The topological polar surface area (TPSA) is 76.7 Å². The number of ether oxygens (including phenoxy) is 1. The van der Waals surface area contributed by atoms with Gasteiger partial charge in [-0.25, -0.2) is 14.1 Å². The van der Waals surface area contributed by atoms with E-state index in [2.05, 4.69) is 20.3 Å². The second kappa shape index (κ2) is 9.46. The Morgan fingerprint density at radius 3 is 2.42 bits per heavy atom. The molecule has 1 amide bonds. The molecule has 1 N–H and O–H groups in total. The number of anilines is 2. The molecule has 0 aliphatic carbocycles. The number of halogens is 3. The number of carbonyl (C=O) groups is 1. The normalized spacial score (nSPS) is 14.4. The summed E-state index contributed by atoms with van der Waals surface area (Å²) in [4.78, 5) is 19.4. The highest BCUT2D eigenvalue weighted by Gasteiger charge is 2.26. The maximum Gasteiger partial charge on any atom is 0.262 e. The molecular formula is C27H29F3N6O2. The first-order chi connectivity index (χ1) is 18.0. The van der Waals surface area contributed by atoms with E-state index in [-0.39, 0.29) is 16.9 Å². The SMILES string of the molecule is Cc1cc(F)c(NC(=O)c2cnn(C(C)(C)C)c2F)cc1-c1cc(N2CCOCC2)c2nc(C)c(F)n2c1. The van der Waals surface area contributed by atoms with Crippen molar-refractivity contribution in [3.05, 3.63) is 65.1 Å². The molecule has 1 fully saturated rings. The van der Waals surface area contributed by atoms with Gasteiger partial charge in [-0.15, -0.1) is 0 Å². The number of aryl methyl sites for hydroxylation is 2. The summed E-state index contributed by atoms with van der Waals surface area (Å²) in [6.45, 7) is 10.9. The lowest BCUT2D eigenvalue weighted by molar-refractivity contribution is 0.102. The standard InChI is InChI=1S/C27H29F3N6O2/c1-15-10-20(28)21(33-26(37)19-13-31-36(24(19)30)27(3,4)5)12-18(15)17-11-22(34-6-8-38-9-7-34)25-32-16(2)23(29)35(25)14-17/h10-14H,6-9H2,1-5H3,(H,33,37). The Hall–Kier alpha value is -3.86. The predicted molar refractivity (Wildman–Crippen MR) is 138 cm³/mol. The molecule has 8 nitrogen and oxygen atoms in total. The number of imidazole rings is 1.